The van der Waals surface area contributed by atoms with E-state index in [0.29, 0.717) is 12.1 Å². The van der Waals surface area contributed by atoms with E-state index in [1.165, 1.54) is 275 Å². The third-order valence-corrected chi connectivity index (χ3v) is 20.1. The third-order valence-electron chi connectivity index (χ3n) is 20.1. The highest BCUT2D eigenvalue weighted by atomic mass is 16.7. The van der Waals surface area contributed by atoms with E-state index in [0.717, 1.165) is 10.9 Å². The lowest BCUT2D eigenvalue weighted by molar-refractivity contribution is 0.00578. The van der Waals surface area contributed by atoms with Gasteiger partial charge in [-0.15, -0.1) is 0 Å². The topological polar surface area (TPSA) is 46.8 Å². The molecule has 0 bridgehead atoms. The fourth-order valence-corrected chi connectivity index (χ4v) is 13.5. The molecule has 2 saturated heterocycles. The summed E-state index contributed by atoms with van der Waals surface area (Å²) in [5.41, 5.74) is 6.09. The Morgan fingerprint density at radius 3 is 0.775 bits per heavy atom. The SMILES string of the molecule is CCCCCCCCCCC(CCCCCCCCCC)n1c2cc(B3OC(C)(C)C(C)(C)O3)ccc2c2cc3c(cc21)c1ccc(B2OC(C)(C)C(C)(C)O2)cc1n3C(CCCCCCCCCC)CCCCCCCCCC. The van der Waals surface area contributed by atoms with Crippen LogP contribution in [0.1, 0.15) is 326 Å². The monoisotopic (exact) mass is 1100 g/mol. The van der Waals surface area contributed by atoms with E-state index < -0.39 is 36.6 Å². The molecule has 2 aliphatic heterocycles. The molecule has 2 aliphatic rings. The summed E-state index contributed by atoms with van der Waals surface area (Å²) in [6.45, 7) is 26.8. The molecular formula is C72H118B2N2O4. The van der Waals surface area contributed by atoms with E-state index in [9.17, 15) is 0 Å². The molecule has 4 heterocycles. The summed E-state index contributed by atoms with van der Waals surface area (Å²) in [4.78, 5) is 0. The van der Waals surface area contributed by atoms with E-state index in [4.69, 9.17) is 18.6 Å². The van der Waals surface area contributed by atoms with Crippen molar-refractivity contribution >= 4 is 68.8 Å². The van der Waals surface area contributed by atoms with Gasteiger partial charge in [-0.3, -0.25) is 0 Å². The molecule has 0 aliphatic carbocycles. The first-order valence-electron chi connectivity index (χ1n) is 34.3. The summed E-state index contributed by atoms with van der Waals surface area (Å²) in [7, 11) is -0.817. The quantitative estimate of drug-likeness (QED) is 0.0290. The van der Waals surface area contributed by atoms with Gasteiger partial charge in [-0.05, 0) is 116 Å². The average Bonchev–Trinajstić information content (AvgIpc) is 4.12. The zero-order valence-electron chi connectivity index (χ0n) is 53.9. The zero-order valence-corrected chi connectivity index (χ0v) is 53.9. The van der Waals surface area contributed by atoms with Crippen molar-refractivity contribution in [1.29, 1.82) is 0 Å². The maximum atomic E-state index is 6.82. The van der Waals surface area contributed by atoms with Crippen molar-refractivity contribution in [3.05, 3.63) is 48.5 Å². The van der Waals surface area contributed by atoms with Crippen molar-refractivity contribution in [2.75, 3.05) is 0 Å². The number of aromatic nitrogens is 2. The Kier molecular flexibility index (Phi) is 25.4. The molecule has 0 amide bonds. The van der Waals surface area contributed by atoms with Gasteiger partial charge in [0, 0.05) is 44.7 Å². The Balaban J connectivity index is 1.36. The van der Waals surface area contributed by atoms with Crippen LogP contribution in [-0.2, 0) is 18.6 Å². The first-order valence-corrected chi connectivity index (χ1v) is 34.3. The summed E-state index contributed by atoms with van der Waals surface area (Å²) < 4.78 is 33.0. The first kappa shape index (κ1) is 64.8. The molecule has 0 radical (unpaired) electrons. The lowest BCUT2D eigenvalue weighted by Gasteiger charge is -2.32. The van der Waals surface area contributed by atoms with Crippen molar-refractivity contribution in [1.82, 2.24) is 9.13 Å². The molecule has 0 spiro atoms. The predicted molar refractivity (Wildman–Crippen MR) is 351 cm³/mol. The van der Waals surface area contributed by atoms with Crippen LogP contribution in [0.4, 0.5) is 0 Å². The second-order valence-corrected chi connectivity index (χ2v) is 27.7. The zero-order chi connectivity index (χ0) is 57.2. The summed E-state index contributed by atoms with van der Waals surface area (Å²) in [5, 5.41) is 5.49. The minimum atomic E-state index is -0.409. The van der Waals surface area contributed by atoms with Gasteiger partial charge in [-0.2, -0.15) is 0 Å². The van der Waals surface area contributed by atoms with E-state index in [1.54, 1.807) is 0 Å². The predicted octanol–water partition coefficient (Wildman–Crippen LogP) is 21.7. The van der Waals surface area contributed by atoms with Crippen LogP contribution in [0.3, 0.4) is 0 Å². The van der Waals surface area contributed by atoms with Crippen LogP contribution in [0.5, 0.6) is 0 Å². The standard InChI is InChI=1S/C72H118B2N2O4/c1-13-17-21-25-29-33-37-41-45-59(46-42-38-34-30-26-22-18-14-2)75-65-53-57(73-77-69(5,6)70(7,8)78-73)49-51-61(65)63-56-68-64(55-67(63)75)62-52-50-58(74-79-71(9,10)72(11,12)80-74)54-66(62)76(68)60(47-43-39-35-31-27-23-19-15-3)48-44-40-36-32-28-24-20-16-4/h49-56,59-60H,13-48H2,1-12H3. The smallest absolute Gasteiger partial charge is 0.399 e. The van der Waals surface area contributed by atoms with Crippen molar-refractivity contribution in [3.63, 3.8) is 0 Å². The van der Waals surface area contributed by atoms with E-state index in [-0.39, 0.29) is 0 Å². The normalized spacial score (nSPS) is 16.9. The van der Waals surface area contributed by atoms with Crippen LogP contribution in [0.15, 0.2) is 48.5 Å². The molecule has 7 rings (SSSR count). The van der Waals surface area contributed by atoms with Gasteiger partial charge in [0.2, 0.25) is 0 Å². The highest BCUT2D eigenvalue weighted by Crippen LogP contribution is 2.44. The summed E-state index contributed by atoms with van der Waals surface area (Å²) >= 11 is 0. The van der Waals surface area contributed by atoms with Crippen molar-refractivity contribution in [3.8, 4) is 0 Å². The Labute approximate surface area is 491 Å². The van der Waals surface area contributed by atoms with Gasteiger partial charge >= 0.3 is 14.2 Å². The molecule has 0 unspecified atom stereocenters. The maximum Gasteiger partial charge on any atom is 0.494 e. The maximum absolute atomic E-state index is 6.82. The number of rotatable bonds is 40. The molecular weight excluding hydrogens is 978 g/mol. The fourth-order valence-electron chi connectivity index (χ4n) is 13.5. The molecule has 2 aromatic heterocycles. The summed E-state index contributed by atoms with van der Waals surface area (Å²) in [5.74, 6) is 0. The third kappa shape index (κ3) is 16.8. The van der Waals surface area contributed by atoms with Gasteiger partial charge in [0.05, 0.1) is 33.4 Å². The average molecular weight is 1100 g/mol. The van der Waals surface area contributed by atoms with Gasteiger partial charge in [-0.25, -0.2) is 0 Å². The number of nitrogens with zero attached hydrogens (tertiary/aromatic N) is 2. The van der Waals surface area contributed by atoms with Gasteiger partial charge < -0.3 is 27.8 Å². The van der Waals surface area contributed by atoms with Crippen LogP contribution in [0.25, 0.3) is 43.6 Å². The number of fused-ring (bicyclic) bond motifs is 6. The Bertz CT molecular complexity index is 2360. The minimum absolute atomic E-state index is 0.404. The number of hydrogen-bond acceptors (Lipinski definition) is 4. The van der Waals surface area contributed by atoms with Crippen LogP contribution >= 0.6 is 0 Å². The Morgan fingerprint density at radius 1 is 0.300 bits per heavy atom. The highest BCUT2D eigenvalue weighted by Gasteiger charge is 2.53. The van der Waals surface area contributed by atoms with Crippen LogP contribution in [0, 0.1) is 0 Å². The second kappa shape index (κ2) is 31.4. The van der Waals surface area contributed by atoms with Gasteiger partial charge in [0.1, 0.15) is 0 Å². The lowest BCUT2D eigenvalue weighted by Crippen LogP contribution is -2.41. The largest absolute Gasteiger partial charge is 0.494 e. The molecule has 0 saturated carbocycles. The second-order valence-electron chi connectivity index (χ2n) is 27.7. The minimum Gasteiger partial charge on any atom is -0.399 e. The Morgan fingerprint density at radius 2 is 0.525 bits per heavy atom. The molecule has 3 aromatic carbocycles. The fraction of sp³-hybridized carbons (Fsp3) is 0.750. The molecule has 446 valence electrons. The van der Waals surface area contributed by atoms with Crippen molar-refractivity contribution in [2.24, 2.45) is 0 Å². The molecule has 6 nitrogen and oxygen atoms in total. The van der Waals surface area contributed by atoms with Crippen LogP contribution in [0.2, 0.25) is 0 Å². The number of benzene rings is 3. The number of unbranched alkanes of at least 4 members (excludes halogenated alkanes) is 28. The number of hydrogen-bond donors (Lipinski definition) is 0. The summed E-state index contributed by atoms with van der Waals surface area (Å²) in [6.07, 6.45) is 47.8. The van der Waals surface area contributed by atoms with Crippen LogP contribution < -0.4 is 10.9 Å². The summed E-state index contributed by atoms with van der Waals surface area (Å²) in [6, 6.07) is 20.6. The lowest BCUT2D eigenvalue weighted by atomic mass is 9.78. The highest BCUT2D eigenvalue weighted by molar-refractivity contribution is 6.63. The van der Waals surface area contributed by atoms with E-state index in [1.807, 2.05) is 0 Å². The van der Waals surface area contributed by atoms with Gasteiger partial charge in [0.15, 0.2) is 0 Å². The molecule has 5 aromatic rings. The van der Waals surface area contributed by atoms with E-state index >= 15 is 0 Å². The van der Waals surface area contributed by atoms with Gasteiger partial charge in [-0.1, -0.05) is 257 Å². The molecule has 0 N–H and O–H groups in total. The van der Waals surface area contributed by atoms with Gasteiger partial charge in [0.25, 0.3) is 0 Å². The van der Waals surface area contributed by atoms with E-state index in [2.05, 4.69) is 141 Å². The first-order chi connectivity index (χ1) is 38.6. The Hall–Kier alpha value is -2.77. The van der Waals surface area contributed by atoms with Crippen molar-refractivity contribution < 1.29 is 18.6 Å². The molecule has 0 atom stereocenters. The van der Waals surface area contributed by atoms with Crippen LogP contribution in [-0.4, -0.2) is 45.8 Å². The molecule has 8 heteroatoms. The molecule has 2 fully saturated rings. The van der Waals surface area contributed by atoms with Crippen molar-refractivity contribution in [2.45, 2.75) is 349 Å². The molecule has 80 heavy (non-hydrogen) atoms.